The highest BCUT2D eigenvalue weighted by molar-refractivity contribution is 8.03. The molecule has 0 spiro atoms. The average Bonchev–Trinajstić information content (AvgIpc) is 3.24. The lowest BCUT2D eigenvalue weighted by Crippen LogP contribution is -2.00. The minimum atomic E-state index is -0.00568. The summed E-state index contributed by atoms with van der Waals surface area (Å²) in [6.45, 7) is 2.12. The average molecular weight is 404 g/mol. The van der Waals surface area contributed by atoms with Crippen molar-refractivity contribution < 1.29 is 5.11 Å². The fourth-order valence-corrected chi connectivity index (χ4v) is 5.14. The summed E-state index contributed by atoms with van der Waals surface area (Å²) >= 11 is 4.55. The molecule has 0 fully saturated rings. The van der Waals surface area contributed by atoms with Gasteiger partial charge < -0.3 is 9.67 Å². The molecule has 1 N–H and O–H groups in total. The Labute approximate surface area is 164 Å². The van der Waals surface area contributed by atoms with Crippen LogP contribution in [0.1, 0.15) is 19.2 Å². The maximum absolute atomic E-state index is 10.5. The van der Waals surface area contributed by atoms with E-state index in [4.69, 9.17) is 0 Å². The number of hydrogen-bond acceptors (Lipinski definition) is 8. The Kier molecular flexibility index (Phi) is 6.19. The van der Waals surface area contributed by atoms with Crippen LogP contribution in [0.5, 0.6) is 0 Å². The lowest BCUT2D eigenvalue weighted by Gasteiger charge is -2.04. The van der Waals surface area contributed by atoms with Crippen LogP contribution in [0.4, 0.5) is 0 Å². The molecule has 2 heterocycles. The van der Waals surface area contributed by atoms with Gasteiger partial charge in [0.05, 0.1) is 16.8 Å². The van der Waals surface area contributed by atoms with Gasteiger partial charge >= 0.3 is 0 Å². The maximum Gasteiger partial charge on any atom is 0.175 e. The Bertz CT molecular complexity index is 986. The molecule has 26 heavy (non-hydrogen) atoms. The van der Waals surface area contributed by atoms with Crippen LogP contribution in [0.2, 0.25) is 0 Å². The molecule has 0 unspecified atom stereocenters. The Morgan fingerprint density at radius 2 is 2.00 bits per heavy atom. The van der Waals surface area contributed by atoms with Gasteiger partial charge in [-0.2, -0.15) is 5.26 Å². The highest BCUT2D eigenvalue weighted by Crippen LogP contribution is 2.31. The number of benzene rings is 1. The van der Waals surface area contributed by atoms with Gasteiger partial charge in [-0.3, -0.25) is 0 Å². The number of fused-ring (bicyclic) bond motifs is 1. The third-order valence-corrected chi connectivity index (χ3v) is 6.97. The Hall–Kier alpha value is -2.02. The van der Waals surface area contributed by atoms with Crippen molar-refractivity contribution in [1.29, 1.82) is 5.26 Å². The van der Waals surface area contributed by atoms with Gasteiger partial charge in [-0.1, -0.05) is 53.9 Å². The van der Waals surface area contributed by atoms with Crippen LogP contribution < -0.4 is 0 Å². The zero-order valence-corrected chi connectivity index (χ0v) is 16.8. The zero-order valence-electron chi connectivity index (χ0n) is 14.3. The largest absolute Gasteiger partial charge is 0.510 e. The number of nitriles is 1. The van der Waals surface area contributed by atoms with Gasteiger partial charge in [-0.15, -0.1) is 10.2 Å². The second-order valence-corrected chi connectivity index (χ2v) is 8.93. The van der Waals surface area contributed by atoms with E-state index in [0.29, 0.717) is 5.82 Å². The number of nitrogens with zero attached hydrogens (tertiary/aromatic N) is 5. The summed E-state index contributed by atoms with van der Waals surface area (Å²) in [5, 5.41) is 28.2. The van der Waals surface area contributed by atoms with Crippen LogP contribution in [0.3, 0.4) is 0 Å². The first kappa shape index (κ1) is 18.8. The number of imidazole rings is 1. The molecule has 0 aliphatic heterocycles. The summed E-state index contributed by atoms with van der Waals surface area (Å²) in [5.41, 5.74) is 1.89. The molecule has 0 atom stereocenters. The first-order chi connectivity index (χ1) is 12.6. The number of aryl methyl sites for hydroxylation is 1. The molecule has 9 heteroatoms. The summed E-state index contributed by atoms with van der Waals surface area (Å²) in [6.07, 6.45) is 1.08. The molecule has 134 valence electrons. The minimum Gasteiger partial charge on any atom is -0.510 e. The lowest BCUT2D eigenvalue weighted by atomic mass is 10.2. The minimum absolute atomic E-state index is 0.00568. The smallest absolute Gasteiger partial charge is 0.175 e. The zero-order chi connectivity index (χ0) is 18.5. The van der Waals surface area contributed by atoms with Gasteiger partial charge in [0.2, 0.25) is 0 Å². The molecule has 3 rings (SSSR count). The summed E-state index contributed by atoms with van der Waals surface area (Å²) in [7, 11) is 1.84. The molecule has 2 aromatic heterocycles. The molecule has 0 radical (unpaired) electrons. The normalized spacial score (nSPS) is 12.2. The Balaban J connectivity index is 1.79. The van der Waals surface area contributed by atoms with Crippen LogP contribution in [-0.4, -0.2) is 36.4 Å². The fourth-order valence-electron chi connectivity index (χ4n) is 2.32. The summed E-state index contributed by atoms with van der Waals surface area (Å²) in [5.74, 6) is 1.71. The van der Waals surface area contributed by atoms with Gasteiger partial charge in [0.15, 0.2) is 14.5 Å². The molecule has 0 aliphatic rings. The number of hydrogen-bond donors (Lipinski definition) is 1. The SMILES string of the molecule is CCCSc1nnc(SC/C(O)=C(\C#N)c2nc3ccccc3n2C)s1. The molecule has 0 amide bonds. The number of allylic oxidation sites excluding steroid dienone is 1. The third-order valence-electron chi connectivity index (χ3n) is 3.56. The first-order valence-electron chi connectivity index (χ1n) is 7.97. The molecule has 0 saturated heterocycles. The number of para-hydroxylation sites is 2. The van der Waals surface area contributed by atoms with Crippen molar-refractivity contribution >= 4 is 51.5 Å². The number of thioether (sulfide) groups is 2. The van der Waals surface area contributed by atoms with Crippen molar-refractivity contribution in [3.63, 3.8) is 0 Å². The molecule has 0 aliphatic carbocycles. The van der Waals surface area contributed by atoms with E-state index in [1.165, 1.54) is 23.1 Å². The monoisotopic (exact) mass is 403 g/mol. The highest BCUT2D eigenvalue weighted by Gasteiger charge is 2.17. The molecule has 0 bridgehead atoms. The molecule has 3 aromatic rings. The number of rotatable bonds is 7. The van der Waals surface area contributed by atoms with Gasteiger partial charge in [0.25, 0.3) is 0 Å². The van der Waals surface area contributed by atoms with E-state index in [9.17, 15) is 10.4 Å². The van der Waals surface area contributed by atoms with E-state index >= 15 is 0 Å². The van der Waals surface area contributed by atoms with Crippen molar-refractivity contribution in [1.82, 2.24) is 19.7 Å². The standard InChI is InChI=1S/C17H17N5OS3/c1-3-8-24-16-20-21-17(26-16)25-10-14(23)11(9-18)15-19-12-6-4-5-7-13(12)22(15)2/h4-7,23H,3,8,10H2,1-2H3/b14-11-. The number of aliphatic hydroxyl groups excluding tert-OH is 1. The van der Waals surface area contributed by atoms with Crippen molar-refractivity contribution in [3.05, 3.63) is 35.8 Å². The molecular weight excluding hydrogens is 386 g/mol. The molecule has 1 aromatic carbocycles. The van der Waals surface area contributed by atoms with Crippen molar-refractivity contribution in [2.45, 2.75) is 22.0 Å². The van der Waals surface area contributed by atoms with Gasteiger partial charge in [-0.05, 0) is 18.6 Å². The van der Waals surface area contributed by atoms with Gasteiger partial charge in [-0.25, -0.2) is 4.98 Å². The van der Waals surface area contributed by atoms with Gasteiger partial charge in [0.1, 0.15) is 17.4 Å². The third kappa shape index (κ3) is 4.03. The summed E-state index contributed by atoms with van der Waals surface area (Å²) in [4.78, 5) is 4.48. The van der Waals surface area contributed by atoms with Crippen LogP contribution in [0.25, 0.3) is 16.6 Å². The predicted molar refractivity (Wildman–Crippen MR) is 108 cm³/mol. The second-order valence-electron chi connectivity index (χ2n) is 5.39. The molecule has 0 saturated carbocycles. The predicted octanol–water partition coefficient (Wildman–Crippen LogP) is 4.51. The van der Waals surface area contributed by atoms with Crippen molar-refractivity contribution in [2.75, 3.05) is 11.5 Å². The molecule has 6 nitrogen and oxygen atoms in total. The van der Waals surface area contributed by atoms with E-state index in [1.54, 1.807) is 11.8 Å². The van der Waals surface area contributed by atoms with Crippen LogP contribution in [0.15, 0.2) is 38.7 Å². The van der Waals surface area contributed by atoms with Crippen LogP contribution >= 0.6 is 34.9 Å². The second kappa shape index (κ2) is 8.58. The van der Waals surface area contributed by atoms with Crippen LogP contribution in [-0.2, 0) is 7.05 Å². The maximum atomic E-state index is 10.5. The van der Waals surface area contributed by atoms with Crippen LogP contribution in [0, 0.1) is 11.3 Å². The van der Waals surface area contributed by atoms with E-state index in [1.807, 2.05) is 35.9 Å². The Morgan fingerprint density at radius 1 is 1.27 bits per heavy atom. The summed E-state index contributed by atoms with van der Waals surface area (Å²) < 4.78 is 3.52. The van der Waals surface area contributed by atoms with E-state index < -0.39 is 0 Å². The quantitative estimate of drug-likeness (QED) is 0.353. The van der Waals surface area contributed by atoms with E-state index in [-0.39, 0.29) is 17.1 Å². The van der Waals surface area contributed by atoms with Crippen molar-refractivity contribution in [3.8, 4) is 6.07 Å². The van der Waals surface area contributed by atoms with Gasteiger partial charge in [0, 0.05) is 12.8 Å². The number of aromatic nitrogens is 4. The number of aliphatic hydroxyl groups is 1. The van der Waals surface area contributed by atoms with E-state index in [0.717, 1.165) is 31.9 Å². The highest BCUT2D eigenvalue weighted by atomic mass is 32.2. The van der Waals surface area contributed by atoms with Crippen molar-refractivity contribution in [2.24, 2.45) is 7.05 Å². The first-order valence-corrected chi connectivity index (χ1v) is 10.8. The van der Waals surface area contributed by atoms with E-state index in [2.05, 4.69) is 28.2 Å². The lowest BCUT2D eigenvalue weighted by molar-refractivity contribution is 0.420. The molecular formula is C17H17N5OS3. The summed E-state index contributed by atoms with van der Waals surface area (Å²) in [6, 6.07) is 9.72. The Morgan fingerprint density at radius 3 is 2.69 bits per heavy atom. The fraction of sp³-hybridized carbons (Fsp3) is 0.294. The topological polar surface area (TPSA) is 87.6 Å².